The molecule has 3 heteroatoms. The number of hydrogen-bond acceptors (Lipinski definition) is 0. The Labute approximate surface area is 94.7 Å². The SMILES string of the molecule is ClCC[n+]1cccc2ccccc21.[Cl-]. The summed E-state index contributed by atoms with van der Waals surface area (Å²) in [4.78, 5) is 0. The van der Waals surface area contributed by atoms with E-state index in [2.05, 4.69) is 35.0 Å². The van der Waals surface area contributed by atoms with Gasteiger partial charge in [-0.3, -0.25) is 0 Å². The lowest BCUT2D eigenvalue weighted by Gasteiger charge is -1.97. The normalized spacial score (nSPS) is 9.79. The van der Waals surface area contributed by atoms with Gasteiger partial charge in [0.05, 0.1) is 5.88 Å². The molecule has 0 atom stereocenters. The molecule has 0 saturated carbocycles. The van der Waals surface area contributed by atoms with Crippen molar-refractivity contribution in [3.63, 3.8) is 0 Å². The number of aryl methyl sites for hydroxylation is 1. The van der Waals surface area contributed by atoms with E-state index in [4.69, 9.17) is 11.6 Å². The van der Waals surface area contributed by atoms with E-state index in [-0.39, 0.29) is 12.4 Å². The largest absolute Gasteiger partial charge is 1.00 e. The standard InChI is InChI=1S/C11H11ClN.ClH/c12-7-9-13-8-3-5-10-4-1-2-6-11(10)13;/h1-6,8H,7,9H2;1H/q+1;/p-1. The Bertz CT molecular complexity index is 409. The Balaban J connectivity index is 0.000000980. The predicted octanol–water partition coefficient (Wildman–Crippen LogP) is -0.630. The van der Waals surface area contributed by atoms with Crippen molar-refractivity contribution in [1.82, 2.24) is 0 Å². The van der Waals surface area contributed by atoms with Gasteiger partial charge in [-0.15, -0.1) is 11.6 Å². The molecule has 1 aromatic heterocycles. The smallest absolute Gasteiger partial charge is 0.212 e. The topological polar surface area (TPSA) is 3.88 Å². The molecule has 74 valence electrons. The van der Waals surface area contributed by atoms with Crippen LogP contribution in [0.1, 0.15) is 0 Å². The molecular weight excluding hydrogens is 217 g/mol. The monoisotopic (exact) mass is 227 g/mol. The van der Waals surface area contributed by atoms with Crippen LogP contribution in [0.15, 0.2) is 42.6 Å². The molecule has 1 aromatic carbocycles. The molecule has 2 rings (SSSR count). The number of fused-ring (bicyclic) bond motifs is 1. The van der Waals surface area contributed by atoms with E-state index in [1.54, 1.807) is 0 Å². The number of aromatic nitrogens is 1. The maximum Gasteiger partial charge on any atom is 0.212 e. The van der Waals surface area contributed by atoms with E-state index >= 15 is 0 Å². The molecule has 1 nitrogen and oxygen atoms in total. The Morgan fingerprint density at radius 1 is 1.07 bits per heavy atom. The number of para-hydroxylation sites is 1. The van der Waals surface area contributed by atoms with Crippen molar-refractivity contribution in [2.75, 3.05) is 5.88 Å². The third-order valence-corrected chi connectivity index (χ3v) is 2.28. The molecule has 0 amide bonds. The molecule has 1 heterocycles. The van der Waals surface area contributed by atoms with Gasteiger partial charge >= 0.3 is 0 Å². The quantitative estimate of drug-likeness (QED) is 0.476. The summed E-state index contributed by atoms with van der Waals surface area (Å²) in [6.07, 6.45) is 2.06. The summed E-state index contributed by atoms with van der Waals surface area (Å²) in [5, 5.41) is 1.26. The van der Waals surface area contributed by atoms with E-state index in [0.29, 0.717) is 5.88 Å². The van der Waals surface area contributed by atoms with Crippen LogP contribution in [-0.4, -0.2) is 5.88 Å². The lowest BCUT2D eigenvalue weighted by molar-refractivity contribution is -0.666. The minimum atomic E-state index is 0. The first-order valence-electron chi connectivity index (χ1n) is 4.35. The van der Waals surface area contributed by atoms with Crippen molar-refractivity contribution in [3.8, 4) is 0 Å². The molecule has 0 aliphatic carbocycles. The molecular formula is C11H11Cl2N. The summed E-state index contributed by atoms with van der Waals surface area (Å²) in [6, 6.07) is 12.5. The van der Waals surface area contributed by atoms with Crippen molar-refractivity contribution in [2.45, 2.75) is 6.54 Å². The van der Waals surface area contributed by atoms with Gasteiger partial charge in [0.15, 0.2) is 12.7 Å². The van der Waals surface area contributed by atoms with Crippen LogP contribution in [0.4, 0.5) is 0 Å². The minimum absolute atomic E-state index is 0. The van der Waals surface area contributed by atoms with E-state index in [0.717, 1.165) is 6.54 Å². The van der Waals surface area contributed by atoms with Gasteiger partial charge in [-0.1, -0.05) is 12.1 Å². The van der Waals surface area contributed by atoms with Gasteiger partial charge in [0.2, 0.25) is 5.52 Å². The average Bonchev–Trinajstić information content (AvgIpc) is 2.19. The zero-order chi connectivity index (χ0) is 9.10. The van der Waals surface area contributed by atoms with E-state index in [9.17, 15) is 0 Å². The molecule has 14 heavy (non-hydrogen) atoms. The fourth-order valence-electron chi connectivity index (χ4n) is 1.51. The van der Waals surface area contributed by atoms with Gasteiger partial charge < -0.3 is 12.4 Å². The Hall–Kier alpha value is -0.790. The highest BCUT2D eigenvalue weighted by Gasteiger charge is 2.04. The summed E-state index contributed by atoms with van der Waals surface area (Å²) >= 11 is 5.72. The summed E-state index contributed by atoms with van der Waals surface area (Å²) in [5.74, 6) is 0.651. The van der Waals surface area contributed by atoms with Gasteiger partial charge in [0.1, 0.15) is 0 Å². The number of rotatable bonds is 2. The Morgan fingerprint density at radius 3 is 2.57 bits per heavy atom. The Kier molecular flexibility index (Phi) is 4.18. The minimum Gasteiger partial charge on any atom is -1.00 e. The van der Waals surface area contributed by atoms with Crippen molar-refractivity contribution < 1.29 is 17.0 Å². The zero-order valence-corrected chi connectivity index (χ0v) is 9.17. The third kappa shape index (κ3) is 2.17. The van der Waals surface area contributed by atoms with Gasteiger partial charge in [0, 0.05) is 17.5 Å². The first-order chi connectivity index (χ1) is 6.42. The van der Waals surface area contributed by atoms with Crippen molar-refractivity contribution in [2.24, 2.45) is 0 Å². The van der Waals surface area contributed by atoms with Gasteiger partial charge in [-0.05, 0) is 12.1 Å². The van der Waals surface area contributed by atoms with Gasteiger partial charge in [-0.25, -0.2) is 0 Å². The number of nitrogens with zero attached hydrogens (tertiary/aromatic N) is 1. The third-order valence-electron chi connectivity index (χ3n) is 2.11. The number of alkyl halides is 1. The fourth-order valence-corrected chi connectivity index (χ4v) is 1.69. The second-order valence-electron chi connectivity index (χ2n) is 2.95. The van der Waals surface area contributed by atoms with Crippen LogP contribution in [0.3, 0.4) is 0 Å². The summed E-state index contributed by atoms with van der Waals surface area (Å²) in [5.41, 5.74) is 1.24. The summed E-state index contributed by atoms with van der Waals surface area (Å²) < 4.78 is 2.17. The number of pyridine rings is 1. The molecule has 0 radical (unpaired) electrons. The van der Waals surface area contributed by atoms with Crippen LogP contribution in [0, 0.1) is 0 Å². The van der Waals surface area contributed by atoms with Gasteiger partial charge in [0.25, 0.3) is 0 Å². The summed E-state index contributed by atoms with van der Waals surface area (Å²) in [7, 11) is 0. The predicted molar refractivity (Wildman–Crippen MR) is 54.9 cm³/mol. The van der Waals surface area contributed by atoms with Crippen molar-refractivity contribution in [1.29, 1.82) is 0 Å². The van der Waals surface area contributed by atoms with Crippen LogP contribution in [0.5, 0.6) is 0 Å². The molecule has 0 aliphatic heterocycles. The van der Waals surface area contributed by atoms with Gasteiger partial charge in [-0.2, -0.15) is 4.57 Å². The number of halogens is 2. The van der Waals surface area contributed by atoms with E-state index < -0.39 is 0 Å². The lowest BCUT2D eigenvalue weighted by Crippen LogP contribution is -3.00. The highest BCUT2D eigenvalue weighted by molar-refractivity contribution is 6.17. The van der Waals surface area contributed by atoms with Crippen molar-refractivity contribution in [3.05, 3.63) is 42.6 Å². The second kappa shape index (κ2) is 5.18. The molecule has 0 unspecified atom stereocenters. The molecule has 0 N–H and O–H groups in total. The first kappa shape index (κ1) is 11.3. The first-order valence-corrected chi connectivity index (χ1v) is 4.88. The molecule has 0 spiro atoms. The lowest BCUT2D eigenvalue weighted by atomic mass is 10.2. The molecule has 0 aliphatic rings. The van der Waals surface area contributed by atoms with Crippen LogP contribution < -0.4 is 17.0 Å². The summed E-state index contributed by atoms with van der Waals surface area (Å²) in [6.45, 7) is 0.864. The van der Waals surface area contributed by atoms with E-state index in [1.807, 2.05) is 12.1 Å². The van der Waals surface area contributed by atoms with Crippen LogP contribution in [0.25, 0.3) is 10.9 Å². The fraction of sp³-hybridized carbons (Fsp3) is 0.182. The maximum atomic E-state index is 5.72. The molecule has 0 fully saturated rings. The zero-order valence-electron chi connectivity index (χ0n) is 7.66. The van der Waals surface area contributed by atoms with Crippen LogP contribution in [0.2, 0.25) is 0 Å². The van der Waals surface area contributed by atoms with Crippen LogP contribution in [-0.2, 0) is 6.54 Å². The number of hydrogen-bond donors (Lipinski definition) is 0. The van der Waals surface area contributed by atoms with Crippen LogP contribution >= 0.6 is 11.6 Å². The van der Waals surface area contributed by atoms with E-state index in [1.165, 1.54) is 10.9 Å². The second-order valence-corrected chi connectivity index (χ2v) is 3.33. The molecule has 2 aromatic rings. The average molecular weight is 228 g/mol. The molecule has 0 saturated heterocycles. The van der Waals surface area contributed by atoms with Crippen molar-refractivity contribution >= 4 is 22.5 Å². The highest BCUT2D eigenvalue weighted by atomic mass is 35.5. The highest BCUT2D eigenvalue weighted by Crippen LogP contribution is 2.07. The Morgan fingerprint density at radius 2 is 1.79 bits per heavy atom. The molecule has 0 bridgehead atoms. The number of benzene rings is 1. The maximum absolute atomic E-state index is 5.72.